The van der Waals surface area contributed by atoms with Crippen LogP contribution < -0.4 is 4.90 Å². The van der Waals surface area contributed by atoms with Gasteiger partial charge in [-0.05, 0) is 31.5 Å². The minimum atomic E-state index is 0.00986. The Hall–Kier alpha value is -2.36. The van der Waals surface area contributed by atoms with E-state index in [4.69, 9.17) is 0 Å². The molecule has 2 aromatic rings. The monoisotopic (exact) mass is 297 g/mol. The van der Waals surface area contributed by atoms with Gasteiger partial charge in [-0.1, -0.05) is 30.3 Å². The fourth-order valence-corrected chi connectivity index (χ4v) is 2.34. The second-order valence-corrected chi connectivity index (χ2v) is 5.78. The van der Waals surface area contributed by atoms with Gasteiger partial charge in [-0.15, -0.1) is 0 Å². The molecule has 0 saturated heterocycles. The number of rotatable bonds is 5. The van der Waals surface area contributed by atoms with Gasteiger partial charge < -0.3 is 9.80 Å². The number of pyridine rings is 1. The number of amides is 1. The maximum absolute atomic E-state index is 13.0. The first-order chi connectivity index (χ1) is 10.5. The van der Waals surface area contributed by atoms with Gasteiger partial charge >= 0.3 is 0 Å². The molecule has 4 heteroatoms. The van der Waals surface area contributed by atoms with Crippen LogP contribution in [-0.2, 0) is 6.54 Å². The summed E-state index contributed by atoms with van der Waals surface area (Å²) in [4.78, 5) is 21.0. The summed E-state index contributed by atoms with van der Waals surface area (Å²) in [6.07, 6.45) is 1.71. The molecule has 1 aromatic heterocycles. The van der Waals surface area contributed by atoms with E-state index in [9.17, 15) is 4.79 Å². The second-order valence-electron chi connectivity index (χ2n) is 5.78. The fourth-order valence-electron chi connectivity index (χ4n) is 2.34. The Morgan fingerprint density at radius 3 is 2.36 bits per heavy atom. The fraction of sp³-hybridized carbons (Fsp3) is 0.333. The van der Waals surface area contributed by atoms with Crippen LogP contribution in [-0.4, -0.2) is 35.9 Å². The highest BCUT2D eigenvalue weighted by Crippen LogP contribution is 2.19. The molecular weight excluding hydrogens is 274 g/mol. The molecule has 0 aliphatic rings. The van der Waals surface area contributed by atoms with Crippen molar-refractivity contribution in [3.8, 4) is 0 Å². The van der Waals surface area contributed by atoms with Crippen LogP contribution in [0, 0.1) is 0 Å². The zero-order valence-electron chi connectivity index (χ0n) is 13.7. The van der Waals surface area contributed by atoms with Gasteiger partial charge in [0, 0.05) is 32.9 Å². The van der Waals surface area contributed by atoms with Crippen LogP contribution in [0.1, 0.15) is 29.8 Å². The lowest BCUT2D eigenvalue weighted by atomic mass is 10.1. The number of hydrogen-bond donors (Lipinski definition) is 0. The number of anilines is 1. The van der Waals surface area contributed by atoms with Crippen LogP contribution in [0.25, 0.3) is 0 Å². The molecule has 116 valence electrons. The summed E-state index contributed by atoms with van der Waals surface area (Å²) in [5.74, 6) is 0.710. The topological polar surface area (TPSA) is 36.4 Å². The Balaban J connectivity index is 2.31. The van der Waals surface area contributed by atoms with E-state index in [0.29, 0.717) is 17.9 Å². The van der Waals surface area contributed by atoms with E-state index in [1.54, 1.807) is 12.3 Å². The van der Waals surface area contributed by atoms with Crippen LogP contribution in [0.5, 0.6) is 0 Å². The molecule has 0 aliphatic carbocycles. The first kappa shape index (κ1) is 16.0. The van der Waals surface area contributed by atoms with E-state index in [1.165, 1.54) is 0 Å². The highest BCUT2D eigenvalue weighted by atomic mass is 16.2. The van der Waals surface area contributed by atoms with Crippen molar-refractivity contribution in [3.63, 3.8) is 0 Å². The first-order valence-corrected chi connectivity index (χ1v) is 7.48. The van der Waals surface area contributed by atoms with Gasteiger partial charge in [0.1, 0.15) is 5.82 Å². The number of carbonyl (C=O) groups is 1. The molecule has 0 saturated carbocycles. The lowest BCUT2D eigenvalue weighted by Gasteiger charge is -2.28. The first-order valence-electron chi connectivity index (χ1n) is 7.48. The van der Waals surface area contributed by atoms with Crippen molar-refractivity contribution in [2.75, 3.05) is 19.0 Å². The van der Waals surface area contributed by atoms with Gasteiger partial charge in [-0.2, -0.15) is 0 Å². The maximum atomic E-state index is 13.0. The lowest BCUT2D eigenvalue weighted by Crippen LogP contribution is -2.37. The highest BCUT2D eigenvalue weighted by molar-refractivity contribution is 5.99. The smallest absolute Gasteiger partial charge is 0.258 e. The minimum absolute atomic E-state index is 0.00986. The third kappa shape index (κ3) is 3.64. The van der Waals surface area contributed by atoms with Gasteiger partial charge in [0.15, 0.2) is 0 Å². The molecule has 0 spiro atoms. The van der Waals surface area contributed by atoms with Crippen molar-refractivity contribution in [2.24, 2.45) is 0 Å². The Labute approximate surface area is 132 Å². The SMILES string of the molecule is CC(C)N(Cc1ccccc1)C(=O)c1cccnc1N(C)C. The quantitative estimate of drug-likeness (QED) is 0.850. The molecular formula is C18H23N3O. The molecule has 22 heavy (non-hydrogen) atoms. The van der Waals surface area contributed by atoms with Crippen LogP contribution in [0.4, 0.5) is 5.82 Å². The van der Waals surface area contributed by atoms with Crippen molar-refractivity contribution in [1.29, 1.82) is 0 Å². The molecule has 0 N–H and O–H groups in total. The molecule has 0 unspecified atom stereocenters. The zero-order valence-corrected chi connectivity index (χ0v) is 13.7. The number of hydrogen-bond acceptors (Lipinski definition) is 3. The molecule has 4 nitrogen and oxygen atoms in total. The standard InChI is InChI=1S/C18H23N3O/c1-14(2)21(13-15-9-6-5-7-10-15)18(22)16-11-8-12-19-17(16)20(3)4/h5-12,14H,13H2,1-4H3. The highest BCUT2D eigenvalue weighted by Gasteiger charge is 2.22. The predicted octanol–water partition coefficient (Wildman–Crippen LogP) is 3.20. The van der Waals surface area contributed by atoms with Crippen molar-refractivity contribution in [3.05, 3.63) is 59.8 Å². The third-order valence-corrected chi connectivity index (χ3v) is 3.52. The largest absolute Gasteiger partial charge is 0.362 e. The number of nitrogens with zero attached hydrogens (tertiary/aromatic N) is 3. The van der Waals surface area contributed by atoms with E-state index < -0.39 is 0 Å². The minimum Gasteiger partial charge on any atom is -0.362 e. The normalized spacial score (nSPS) is 10.6. The number of benzene rings is 1. The van der Waals surface area contributed by atoms with E-state index in [-0.39, 0.29) is 11.9 Å². The van der Waals surface area contributed by atoms with Gasteiger partial charge in [-0.3, -0.25) is 4.79 Å². The Morgan fingerprint density at radius 1 is 1.09 bits per heavy atom. The summed E-state index contributed by atoms with van der Waals surface area (Å²) in [6, 6.07) is 13.8. The molecule has 0 fully saturated rings. The second kappa shape index (κ2) is 7.07. The van der Waals surface area contributed by atoms with E-state index >= 15 is 0 Å². The number of aromatic nitrogens is 1. The maximum Gasteiger partial charge on any atom is 0.258 e. The molecule has 1 heterocycles. The number of carbonyl (C=O) groups excluding carboxylic acids is 1. The summed E-state index contributed by atoms with van der Waals surface area (Å²) in [5.41, 5.74) is 1.76. The Kier molecular flexibility index (Phi) is 5.15. The molecule has 1 aromatic carbocycles. The summed E-state index contributed by atoms with van der Waals surface area (Å²) in [7, 11) is 3.80. The summed E-state index contributed by atoms with van der Waals surface area (Å²) < 4.78 is 0. The molecule has 1 amide bonds. The van der Waals surface area contributed by atoms with E-state index in [2.05, 4.69) is 4.98 Å². The summed E-state index contributed by atoms with van der Waals surface area (Å²) >= 11 is 0. The Bertz CT molecular complexity index is 623. The van der Waals surface area contributed by atoms with Crippen LogP contribution in [0.15, 0.2) is 48.7 Å². The van der Waals surface area contributed by atoms with Crippen LogP contribution >= 0.6 is 0 Å². The third-order valence-electron chi connectivity index (χ3n) is 3.52. The summed E-state index contributed by atoms with van der Waals surface area (Å²) in [5, 5.41) is 0. The van der Waals surface area contributed by atoms with Crippen LogP contribution in [0.3, 0.4) is 0 Å². The average molecular weight is 297 g/mol. The molecule has 0 atom stereocenters. The van der Waals surface area contributed by atoms with Crippen molar-refractivity contribution < 1.29 is 4.79 Å². The molecule has 2 rings (SSSR count). The average Bonchev–Trinajstić information content (AvgIpc) is 2.52. The van der Waals surface area contributed by atoms with Gasteiger partial charge in [0.25, 0.3) is 5.91 Å². The van der Waals surface area contributed by atoms with Gasteiger partial charge in [-0.25, -0.2) is 4.98 Å². The Morgan fingerprint density at radius 2 is 1.77 bits per heavy atom. The summed E-state index contributed by atoms with van der Waals surface area (Å²) in [6.45, 7) is 4.66. The van der Waals surface area contributed by atoms with Crippen molar-refractivity contribution in [2.45, 2.75) is 26.4 Å². The molecule has 0 aliphatic heterocycles. The van der Waals surface area contributed by atoms with Gasteiger partial charge in [0.05, 0.1) is 5.56 Å². The van der Waals surface area contributed by atoms with Crippen LogP contribution in [0.2, 0.25) is 0 Å². The van der Waals surface area contributed by atoms with E-state index in [0.717, 1.165) is 5.56 Å². The van der Waals surface area contributed by atoms with Crippen molar-refractivity contribution in [1.82, 2.24) is 9.88 Å². The lowest BCUT2D eigenvalue weighted by molar-refractivity contribution is 0.0690. The van der Waals surface area contributed by atoms with E-state index in [1.807, 2.05) is 74.1 Å². The predicted molar refractivity (Wildman–Crippen MR) is 90.0 cm³/mol. The van der Waals surface area contributed by atoms with Gasteiger partial charge in [0.2, 0.25) is 0 Å². The van der Waals surface area contributed by atoms with Crippen molar-refractivity contribution >= 4 is 11.7 Å². The molecule has 0 bridgehead atoms. The molecule has 0 radical (unpaired) electrons. The zero-order chi connectivity index (χ0) is 16.1.